The predicted octanol–water partition coefficient (Wildman–Crippen LogP) is 3.03. The van der Waals surface area contributed by atoms with Crippen molar-refractivity contribution in [3.63, 3.8) is 0 Å². The number of hydrogen-bond donors (Lipinski definition) is 1. The van der Waals surface area contributed by atoms with E-state index in [-0.39, 0.29) is 5.91 Å². The second-order valence-electron chi connectivity index (χ2n) is 4.63. The molecular formula is C14H18ClNO2. The number of carbonyl (C=O) groups excluding carboxylic acids is 1. The molecule has 1 saturated carbocycles. The lowest BCUT2D eigenvalue weighted by Gasteiger charge is -2.16. The zero-order valence-electron chi connectivity index (χ0n) is 10.5. The standard InChI is InChI=1S/C14H18ClNO2/c1-18-12-8-4-5-10(9-12)13(15)14(17)16-11-6-2-3-7-11/h4-5,8-9,11,13H,2-3,6-7H2,1H3,(H,16,17). The zero-order chi connectivity index (χ0) is 13.0. The molecule has 2 rings (SSSR count). The molecule has 0 saturated heterocycles. The molecule has 0 heterocycles. The van der Waals surface area contributed by atoms with Crippen LogP contribution in [0.15, 0.2) is 24.3 Å². The minimum absolute atomic E-state index is 0.114. The maximum Gasteiger partial charge on any atom is 0.242 e. The van der Waals surface area contributed by atoms with E-state index >= 15 is 0 Å². The van der Waals surface area contributed by atoms with E-state index in [0.717, 1.165) is 18.4 Å². The van der Waals surface area contributed by atoms with E-state index in [0.29, 0.717) is 11.8 Å². The van der Waals surface area contributed by atoms with E-state index in [2.05, 4.69) is 5.32 Å². The van der Waals surface area contributed by atoms with Crippen molar-refractivity contribution in [3.8, 4) is 5.75 Å². The first-order valence-electron chi connectivity index (χ1n) is 6.29. The van der Waals surface area contributed by atoms with Crippen LogP contribution in [-0.2, 0) is 4.79 Å². The van der Waals surface area contributed by atoms with Crippen LogP contribution in [0.4, 0.5) is 0 Å². The molecule has 1 aliphatic carbocycles. The van der Waals surface area contributed by atoms with Gasteiger partial charge in [0.2, 0.25) is 5.91 Å². The van der Waals surface area contributed by atoms with Crippen LogP contribution in [-0.4, -0.2) is 19.1 Å². The van der Waals surface area contributed by atoms with Gasteiger partial charge in [0.15, 0.2) is 0 Å². The molecule has 1 N–H and O–H groups in total. The van der Waals surface area contributed by atoms with Crippen LogP contribution < -0.4 is 10.1 Å². The van der Waals surface area contributed by atoms with Crippen LogP contribution in [0.5, 0.6) is 5.75 Å². The lowest BCUT2D eigenvalue weighted by atomic mass is 10.1. The first kappa shape index (κ1) is 13.2. The quantitative estimate of drug-likeness (QED) is 0.852. The smallest absolute Gasteiger partial charge is 0.242 e. The first-order valence-corrected chi connectivity index (χ1v) is 6.73. The lowest BCUT2D eigenvalue weighted by molar-refractivity contribution is -0.121. The molecule has 0 radical (unpaired) electrons. The highest BCUT2D eigenvalue weighted by Gasteiger charge is 2.23. The molecule has 0 aliphatic heterocycles. The lowest BCUT2D eigenvalue weighted by Crippen LogP contribution is -2.34. The van der Waals surface area contributed by atoms with Crippen molar-refractivity contribution in [1.29, 1.82) is 0 Å². The Labute approximate surface area is 112 Å². The number of nitrogens with one attached hydrogen (secondary N) is 1. The number of carbonyl (C=O) groups is 1. The maximum atomic E-state index is 12.0. The SMILES string of the molecule is COc1cccc(C(Cl)C(=O)NC2CCCC2)c1. The molecule has 1 aromatic carbocycles. The summed E-state index contributed by atoms with van der Waals surface area (Å²) >= 11 is 6.20. The summed E-state index contributed by atoms with van der Waals surface area (Å²) in [6.45, 7) is 0. The summed E-state index contributed by atoms with van der Waals surface area (Å²) in [6, 6.07) is 7.61. The molecule has 1 unspecified atom stereocenters. The van der Waals surface area contributed by atoms with Crippen LogP contribution in [0.2, 0.25) is 0 Å². The molecule has 0 spiro atoms. The Morgan fingerprint density at radius 3 is 2.83 bits per heavy atom. The molecule has 1 fully saturated rings. The molecule has 1 aliphatic rings. The third kappa shape index (κ3) is 3.16. The molecular weight excluding hydrogens is 250 g/mol. The second-order valence-corrected chi connectivity index (χ2v) is 5.07. The van der Waals surface area contributed by atoms with Crippen molar-refractivity contribution < 1.29 is 9.53 Å². The minimum Gasteiger partial charge on any atom is -0.497 e. The largest absolute Gasteiger partial charge is 0.497 e. The Balaban J connectivity index is 2.00. The number of alkyl halides is 1. The number of halogens is 1. The molecule has 3 nitrogen and oxygen atoms in total. The van der Waals surface area contributed by atoms with Gasteiger partial charge in [-0.25, -0.2) is 0 Å². The Morgan fingerprint density at radius 1 is 1.44 bits per heavy atom. The summed E-state index contributed by atoms with van der Waals surface area (Å²) in [4.78, 5) is 12.0. The van der Waals surface area contributed by atoms with Crippen molar-refractivity contribution in [2.75, 3.05) is 7.11 Å². The number of amides is 1. The van der Waals surface area contributed by atoms with E-state index in [4.69, 9.17) is 16.3 Å². The van der Waals surface area contributed by atoms with Gasteiger partial charge in [0.25, 0.3) is 0 Å². The molecule has 0 aromatic heterocycles. The van der Waals surface area contributed by atoms with Crippen molar-refractivity contribution in [1.82, 2.24) is 5.32 Å². The molecule has 98 valence electrons. The van der Waals surface area contributed by atoms with Gasteiger partial charge in [0.1, 0.15) is 11.1 Å². The number of ether oxygens (including phenoxy) is 1. The van der Waals surface area contributed by atoms with Crippen LogP contribution in [0.25, 0.3) is 0 Å². The van der Waals surface area contributed by atoms with Gasteiger partial charge in [-0.05, 0) is 30.5 Å². The summed E-state index contributed by atoms with van der Waals surface area (Å²) < 4.78 is 5.13. The number of hydrogen-bond acceptors (Lipinski definition) is 2. The average Bonchev–Trinajstić information content (AvgIpc) is 2.90. The Bertz CT molecular complexity index is 416. The van der Waals surface area contributed by atoms with Crippen molar-refractivity contribution in [3.05, 3.63) is 29.8 Å². The highest BCUT2D eigenvalue weighted by molar-refractivity contribution is 6.30. The monoisotopic (exact) mass is 267 g/mol. The van der Waals surface area contributed by atoms with Crippen LogP contribution >= 0.6 is 11.6 Å². The van der Waals surface area contributed by atoms with Gasteiger partial charge in [-0.2, -0.15) is 0 Å². The summed E-state index contributed by atoms with van der Waals surface area (Å²) in [5.74, 6) is 0.601. The van der Waals surface area contributed by atoms with E-state index in [9.17, 15) is 4.79 Å². The van der Waals surface area contributed by atoms with E-state index in [1.165, 1.54) is 12.8 Å². The van der Waals surface area contributed by atoms with Gasteiger partial charge in [-0.3, -0.25) is 4.79 Å². The van der Waals surface area contributed by atoms with Crippen molar-refractivity contribution in [2.45, 2.75) is 37.1 Å². The van der Waals surface area contributed by atoms with Crippen molar-refractivity contribution in [2.24, 2.45) is 0 Å². The van der Waals surface area contributed by atoms with Gasteiger partial charge in [-0.15, -0.1) is 11.6 Å². The fourth-order valence-electron chi connectivity index (χ4n) is 2.30. The van der Waals surface area contributed by atoms with E-state index in [1.807, 2.05) is 18.2 Å². The summed E-state index contributed by atoms with van der Waals surface area (Å²) in [7, 11) is 1.60. The topological polar surface area (TPSA) is 38.3 Å². The predicted molar refractivity (Wildman–Crippen MR) is 72.0 cm³/mol. The van der Waals surface area contributed by atoms with Crippen molar-refractivity contribution >= 4 is 17.5 Å². The van der Waals surface area contributed by atoms with Gasteiger partial charge in [-0.1, -0.05) is 25.0 Å². The summed E-state index contributed by atoms with van der Waals surface area (Å²) in [5, 5.41) is 2.35. The highest BCUT2D eigenvalue weighted by atomic mass is 35.5. The van der Waals surface area contributed by atoms with Gasteiger partial charge in [0, 0.05) is 6.04 Å². The number of methoxy groups -OCH3 is 1. The summed E-state index contributed by atoms with van der Waals surface area (Å²) in [5.41, 5.74) is 0.770. The Hall–Kier alpha value is -1.22. The molecule has 0 bridgehead atoms. The normalized spacial score (nSPS) is 17.4. The summed E-state index contributed by atoms with van der Waals surface area (Å²) in [6.07, 6.45) is 4.51. The van der Waals surface area contributed by atoms with Gasteiger partial charge in [0.05, 0.1) is 7.11 Å². The third-order valence-electron chi connectivity index (χ3n) is 3.32. The molecule has 1 atom stereocenters. The molecule has 1 amide bonds. The molecule has 1 aromatic rings. The minimum atomic E-state index is -0.652. The van der Waals surface area contributed by atoms with Gasteiger partial charge < -0.3 is 10.1 Å². The van der Waals surface area contributed by atoms with E-state index < -0.39 is 5.38 Å². The average molecular weight is 268 g/mol. The molecule has 4 heteroatoms. The Kier molecular flexibility index (Phi) is 4.48. The number of rotatable bonds is 4. The Morgan fingerprint density at radius 2 is 2.17 bits per heavy atom. The fraction of sp³-hybridized carbons (Fsp3) is 0.500. The zero-order valence-corrected chi connectivity index (χ0v) is 11.2. The van der Waals surface area contributed by atoms with Crippen LogP contribution in [0.1, 0.15) is 36.6 Å². The van der Waals surface area contributed by atoms with E-state index in [1.54, 1.807) is 13.2 Å². The third-order valence-corrected chi connectivity index (χ3v) is 3.77. The first-order chi connectivity index (χ1) is 8.70. The van der Waals surface area contributed by atoms with Crippen LogP contribution in [0, 0.1) is 0 Å². The fourth-order valence-corrected chi connectivity index (χ4v) is 2.49. The van der Waals surface area contributed by atoms with Crippen LogP contribution in [0.3, 0.4) is 0 Å². The maximum absolute atomic E-state index is 12.0. The van der Waals surface area contributed by atoms with Gasteiger partial charge >= 0.3 is 0 Å². The number of benzene rings is 1. The second kappa shape index (κ2) is 6.10. The molecule has 18 heavy (non-hydrogen) atoms. The highest BCUT2D eigenvalue weighted by Crippen LogP contribution is 2.25.